The van der Waals surface area contributed by atoms with Crippen LogP contribution in [0.4, 0.5) is 5.82 Å². The number of hydrogen-bond acceptors (Lipinski definition) is 3. The topological polar surface area (TPSA) is 59.0 Å². The number of anilines is 1. The molecule has 1 aliphatic heterocycles. The number of halogens is 1. The first-order valence-corrected chi connectivity index (χ1v) is 6.19. The number of hydrogen-bond donors (Lipinski definition) is 2. The highest BCUT2D eigenvalue weighted by Gasteiger charge is 2.15. The van der Waals surface area contributed by atoms with E-state index in [1.54, 1.807) is 4.68 Å². The van der Waals surface area contributed by atoms with Gasteiger partial charge in [0.2, 0.25) is 5.91 Å². The molecule has 18 heavy (non-hydrogen) atoms. The van der Waals surface area contributed by atoms with E-state index in [0.717, 1.165) is 24.5 Å². The monoisotopic (exact) mass is 272 g/mol. The summed E-state index contributed by atoms with van der Waals surface area (Å²) in [5.74, 6) is 0.841. The van der Waals surface area contributed by atoms with Crippen LogP contribution in [-0.2, 0) is 11.8 Å². The Morgan fingerprint density at radius 1 is 1.67 bits per heavy atom. The Bertz CT molecular complexity index is 399. The Labute approximate surface area is 114 Å². The van der Waals surface area contributed by atoms with Gasteiger partial charge in [-0.3, -0.25) is 9.48 Å². The Balaban J connectivity index is 0.00000162. The quantitative estimate of drug-likeness (QED) is 0.876. The molecule has 2 N–H and O–H groups in total. The van der Waals surface area contributed by atoms with Crippen LogP contribution in [0.5, 0.6) is 0 Å². The second-order valence-corrected chi connectivity index (χ2v) is 4.67. The Morgan fingerprint density at radius 3 is 3.00 bits per heavy atom. The Hall–Kier alpha value is -1.07. The zero-order valence-corrected chi connectivity index (χ0v) is 11.7. The van der Waals surface area contributed by atoms with Gasteiger partial charge in [-0.15, -0.1) is 12.4 Å². The predicted octanol–water partition coefficient (Wildman–Crippen LogP) is 1.62. The van der Waals surface area contributed by atoms with E-state index >= 15 is 0 Å². The minimum absolute atomic E-state index is 0. The lowest BCUT2D eigenvalue weighted by Crippen LogP contribution is -2.24. The first-order valence-electron chi connectivity index (χ1n) is 6.19. The third-order valence-corrected chi connectivity index (χ3v) is 3.15. The molecular formula is C12H21ClN4O. The second kappa shape index (κ2) is 6.75. The summed E-state index contributed by atoms with van der Waals surface area (Å²) in [5.41, 5.74) is 0.917. The van der Waals surface area contributed by atoms with E-state index in [-0.39, 0.29) is 18.3 Å². The minimum Gasteiger partial charge on any atom is -0.314 e. The van der Waals surface area contributed by atoms with Crippen LogP contribution in [0.15, 0.2) is 6.07 Å². The fourth-order valence-electron chi connectivity index (χ4n) is 2.24. The van der Waals surface area contributed by atoms with Crippen molar-refractivity contribution in [3.05, 3.63) is 11.8 Å². The minimum atomic E-state index is 0. The lowest BCUT2D eigenvalue weighted by atomic mass is 10.1. The van der Waals surface area contributed by atoms with E-state index in [1.165, 1.54) is 12.8 Å². The molecule has 1 amide bonds. The van der Waals surface area contributed by atoms with Gasteiger partial charge in [0.15, 0.2) is 0 Å². The predicted molar refractivity (Wildman–Crippen MR) is 74.1 cm³/mol. The molecule has 6 heteroatoms. The zero-order chi connectivity index (χ0) is 12.3. The van der Waals surface area contributed by atoms with E-state index < -0.39 is 0 Å². The SMILES string of the molecule is Cc1cc(NC(=O)CCC2CCCN2)n(C)n1.Cl. The lowest BCUT2D eigenvalue weighted by Gasteiger charge is -2.09. The number of carbonyl (C=O) groups excluding carboxylic acids is 1. The van der Waals surface area contributed by atoms with Crippen LogP contribution in [0.1, 0.15) is 31.4 Å². The van der Waals surface area contributed by atoms with Crippen LogP contribution in [0.2, 0.25) is 0 Å². The zero-order valence-electron chi connectivity index (χ0n) is 10.9. The lowest BCUT2D eigenvalue weighted by molar-refractivity contribution is -0.116. The standard InChI is InChI=1S/C12H20N4O.ClH/c1-9-8-11(16(2)15-9)14-12(17)6-5-10-4-3-7-13-10;/h8,10,13H,3-7H2,1-2H3,(H,14,17);1H. The van der Waals surface area contributed by atoms with Gasteiger partial charge in [-0.25, -0.2) is 0 Å². The maximum absolute atomic E-state index is 11.8. The van der Waals surface area contributed by atoms with Crippen LogP contribution >= 0.6 is 12.4 Å². The molecule has 0 aromatic carbocycles. The van der Waals surface area contributed by atoms with E-state index in [4.69, 9.17) is 0 Å². The molecule has 0 saturated carbocycles. The molecule has 2 heterocycles. The van der Waals surface area contributed by atoms with Gasteiger partial charge in [0.25, 0.3) is 0 Å². The van der Waals surface area contributed by atoms with E-state index in [9.17, 15) is 4.79 Å². The van der Waals surface area contributed by atoms with Gasteiger partial charge in [-0.1, -0.05) is 0 Å². The fraction of sp³-hybridized carbons (Fsp3) is 0.667. The second-order valence-electron chi connectivity index (χ2n) is 4.67. The van der Waals surface area contributed by atoms with Crippen LogP contribution in [0.25, 0.3) is 0 Å². The molecule has 1 atom stereocenters. The summed E-state index contributed by atoms with van der Waals surface area (Å²) in [7, 11) is 1.83. The summed E-state index contributed by atoms with van der Waals surface area (Å²) >= 11 is 0. The van der Waals surface area contributed by atoms with Crippen LogP contribution in [0, 0.1) is 6.92 Å². The van der Waals surface area contributed by atoms with Gasteiger partial charge >= 0.3 is 0 Å². The number of nitrogens with one attached hydrogen (secondary N) is 2. The van der Waals surface area contributed by atoms with E-state index in [1.807, 2.05) is 20.0 Å². The third-order valence-electron chi connectivity index (χ3n) is 3.15. The van der Waals surface area contributed by atoms with Gasteiger partial charge in [0.05, 0.1) is 5.69 Å². The van der Waals surface area contributed by atoms with Crippen LogP contribution < -0.4 is 10.6 Å². The van der Waals surface area contributed by atoms with Gasteiger partial charge < -0.3 is 10.6 Å². The van der Waals surface area contributed by atoms with Crippen molar-refractivity contribution in [3.63, 3.8) is 0 Å². The highest BCUT2D eigenvalue weighted by molar-refractivity contribution is 5.89. The van der Waals surface area contributed by atoms with E-state index in [2.05, 4.69) is 15.7 Å². The summed E-state index contributed by atoms with van der Waals surface area (Å²) in [6.07, 6.45) is 3.91. The maximum atomic E-state index is 11.8. The van der Waals surface area contributed by atoms with Crippen molar-refractivity contribution in [2.75, 3.05) is 11.9 Å². The molecule has 1 aliphatic rings. The molecule has 0 aliphatic carbocycles. The van der Waals surface area contributed by atoms with Gasteiger partial charge in [0, 0.05) is 25.6 Å². The highest BCUT2D eigenvalue weighted by atomic mass is 35.5. The average Bonchev–Trinajstić information content (AvgIpc) is 2.87. The first-order chi connectivity index (χ1) is 8.15. The molecule has 1 aromatic rings. The Kier molecular flexibility index (Phi) is 5.62. The number of rotatable bonds is 4. The average molecular weight is 273 g/mol. The number of amides is 1. The van der Waals surface area contributed by atoms with Crippen molar-refractivity contribution in [3.8, 4) is 0 Å². The molecule has 1 unspecified atom stereocenters. The molecule has 0 bridgehead atoms. The number of aryl methyl sites for hydroxylation is 2. The van der Waals surface area contributed by atoms with Crippen molar-refractivity contribution in [2.24, 2.45) is 7.05 Å². The normalized spacial score (nSPS) is 18.4. The van der Waals surface area contributed by atoms with Gasteiger partial charge in [0.1, 0.15) is 5.82 Å². The summed E-state index contributed by atoms with van der Waals surface area (Å²) in [6, 6.07) is 2.40. The largest absolute Gasteiger partial charge is 0.314 e. The van der Waals surface area contributed by atoms with Crippen molar-refractivity contribution in [1.29, 1.82) is 0 Å². The third kappa shape index (κ3) is 3.99. The highest BCUT2D eigenvalue weighted by Crippen LogP contribution is 2.12. The summed E-state index contributed by atoms with van der Waals surface area (Å²) in [6.45, 7) is 3.01. The number of nitrogens with zero attached hydrogens (tertiary/aromatic N) is 2. The molecule has 1 aromatic heterocycles. The molecule has 2 rings (SSSR count). The molecule has 1 fully saturated rings. The van der Waals surface area contributed by atoms with Crippen molar-refractivity contribution < 1.29 is 4.79 Å². The van der Waals surface area contributed by atoms with Crippen LogP contribution in [0.3, 0.4) is 0 Å². The first kappa shape index (κ1) is 15.0. The fourth-order valence-corrected chi connectivity index (χ4v) is 2.24. The summed E-state index contributed by atoms with van der Waals surface area (Å²) in [5, 5.41) is 10.5. The van der Waals surface area contributed by atoms with E-state index in [0.29, 0.717) is 12.5 Å². The molecule has 1 saturated heterocycles. The smallest absolute Gasteiger partial charge is 0.225 e. The number of aromatic nitrogens is 2. The van der Waals surface area contributed by atoms with Crippen LogP contribution in [-0.4, -0.2) is 28.3 Å². The van der Waals surface area contributed by atoms with Crippen molar-refractivity contribution >= 4 is 24.1 Å². The van der Waals surface area contributed by atoms with Gasteiger partial charge in [-0.2, -0.15) is 5.10 Å². The van der Waals surface area contributed by atoms with Crippen molar-refractivity contribution in [2.45, 2.75) is 38.6 Å². The van der Waals surface area contributed by atoms with Crippen molar-refractivity contribution in [1.82, 2.24) is 15.1 Å². The molecule has 0 spiro atoms. The molecule has 5 nitrogen and oxygen atoms in total. The summed E-state index contributed by atoms with van der Waals surface area (Å²) in [4.78, 5) is 11.8. The number of carbonyl (C=O) groups is 1. The summed E-state index contributed by atoms with van der Waals surface area (Å²) < 4.78 is 1.70. The van der Waals surface area contributed by atoms with Gasteiger partial charge in [-0.05, 0) is 32.7 Å². The Morgan fingerprint density at radius 2 is 2.44 bits per heavy atom. The molecule has 0 radical (unpaired) electrons. The molecule has 102 valence electrons. The maximum Gasteiger partial charge on any atom is 0.225 e. The molecular weight excluding hydrogens is 252 g/mol.